The molecule has 2 aromatic rings. The molecule has 1 amide bonds. The molecule has 1 aliphatic heterocycles. The number of rotatable bonds is 4. The van der Waals surface area contributed by atoms with Gasteiger partial charge in [-0.15, -0.1) is 0 Å². The second kappa shape index (κ2) is 7.23. The van der Waals surface area contributed by atoms with E-state index in [1.807, 2.05) is 4.90 Å². The van der Waals surface area contributed by atoms with Gasteiger partial charge < -0.3 is 9.88 Å². The molecule has 8 heteroatoms. The van der Waals surface area contributed by atoms with Crippen LogP contribution in [0, 0.1) is 0 Å². The van der Waals surface area contributed by atoms with Crippen LogP contribution in [-0.2, 0) is 6.54 Å². The molecule has 0 aliphatic carbocycles. The molecule has 0 unspecified atom stereocenters. The second-order valence-corrected chi connectivity index (χ2v) is 7.05. The Morgan fingerprint density at radius 2 is 2.04 bits per heavy atom. The predicted octanol–water partition coefficient (Wildman–Crippen LogP) is 1.31. The molecule has 2 aromatic heterocycles. The topological polar surface area (TPSA) is 82.2 Å². The van der Waals surface area contributed by atoms with E-state index in [-0.39, 0.29) is 11.5 Å². The van der Waals surface area contributed by atoms with E-state index >= 15 is 0 Å². The molecule has 0 radical (unpaired) electrons. The van der Waals surface area contributed by atoms with Crippen molar-refractivity contribution in [2.24, 2.45) is 0 Å². The third-order valence-electron chi connectivity index (χ3n) is 4.05. The molecule has 128 valence electrons. The molecule has 1 aliphatic rings. The summed E-state index contributed by atoms with van der Waals surface area (Å²) in [7, 11) is 0. The number of aromatic nitrogens is 3. The van der Waals surface area contributed by atoms with Crippen LogP contribution in [0.15, 0.2) is 23.1 Å². The van der Waals surface area contributed by atoms with Gasteiger partial charge in [-0.3, -0.25) is 14.5 Å². The van der Waals surface area contributed by atoms with Gasteiger partial charge in [0.25, 0.3) is 5.91 Å². The lowest BCUT2D eigenvalue weighted by Gasteiger charge is -2.34. The summed E-state index contributed by atoms with van der Waals surface area (Å²) < 4.78 is 4.38. The maximum atomic E-state index is 12.4. The number of carbonyl (C=O) groups is 1. The second-order valence-electron chi connectivity index (χ2n) is 6.21. The van der Waals surface area contributed by atoms with E-state index in [2.05, 4.69) is 33.1 Å². The number of piperazine rings is 1. The molecule has 0 spiro atoms. The van der Waals surface area contributed by atoms with Crippen molar-refractivity contribution in [3.8, 4) is 0 Å². The summed E-state index contributed by atoms with van der Waals surface area (Å²) in [6, 6.07) is 2.95. The number of H-pyrrole nitrogens is 1. The number of pyridine rings is 1. The van der Waals surface area contributed by atoms with E-state index in [1.165, 1.54) is 23.8 Å². The highest BCUT2D eigenvalue weighted by molar-refractivity contribution is 7.05. The van der Waals surface area contributed by atoms with E-state index in [4.69, 9.17) is 0 Å². The van der Waals surface area contributed by atoms with E-state index in [1.54, 1.807) is 6.07 Å². The summed E-state index contributed by atoms with van der Waals surface area (Å²) in [5.41, 5.74) is 0.322. The van der Waals surface area contributed by atoms with Crippen LogP contribution in [0.25, 0.3) is 0 Å². The van der Waals surface area contributed by atoms with Crippen LogP contribution in [-0.4, -0.2) is 56.2 Å². The fourth-order valence-electron chi connectivity index (χ4n) is 2.59. The van der Waals surface area contributed by atoms with Crippen LogP contribution in [0.1, 0.15) is 41.0 Å². The summed E-state index contributed by atoms with van der Waals surface area (Å²) in [5, 5.41) is 1.03. The van der Waals surface area contributed by atoms with Crippen molar-refractivity contribution in [2.45, 2.75) is 26.3 Å². The Kier molecular flexibility index (Phi) is 5.06. The van der Waals surface area contributed by atoms with Crippen molar-refractivity contribution in [3.05, 3.63) is 45.1 Å². The predicted molar refractivity (Wildman–Crippen MR) is 92.2 cm³/mol. The summed E-state index contributed by atoms with van der Waals surface area (Å²) in [5.74, 6) is 1.22. The summed E-state index contributed by atoms with van der Waals surface area (Å²) >= 11 is 1.46. The molecule has 24 heavy (non-hydrogen) atoms. The Balaban J connectivity index is 1.54. The molecular weight excluding hydrogens is 326 g/mol. The number of nitrogens with zero attached hydrogens (tertiary/aromatic N) is 4. The van der Waals surface area contributed by atoms with E-state index in [0.717, 1.165) is 30.5 Å². The van der Waals surface area contributed by atoms with Crippen LogP contribution in [0.3, 0.4) is 0 Å². The zero-order chi connectivity index (χ0) is 17.1. The summed E-state index contributed by atoms with van der Waals surface area (Å²) in [6.07, 6.45) is 1.48. The molecule has 0 saturated carbocycles. The molecule has 0 bridgehead atoms. The fraction of sp³-hybridized carbons (Fsp3) is 0.500. The highest BCUT2D eigenvalue weighted by Gasteiger charge is 2.23. The van der Waals surface area contributed by atoms with Gasteiger partial charge in [-0.05, 0) is 17.6 Å². The van der Waals surface area contributed by atoms with Crippen LogP contribution in [0.5, 0.6) is 0 Å². The van der Waals surface area contributed by atoms with Crippen molar-refractivity contribution in [1.29, 1.82) is 0 Å². The monoisotopic (exact) mass is 347 g/mol. The average Bonchev–Trinajstić information content (AvgIpc) is 3.04. The van der Waals surface area contributed by atoms with Crippen molar-refractivity contribution in [2.75, 3.05) is 26.2 Å². The molecular formula is C16H21N5O2S. The number of aromatic amines is 1. The largest absolute Gasteiger partial charge is 0.336 e. The summed E-state index contributed by atoms with van der Waals surface area (Å²) in [6.45, 7) is 7.93. The van der Waals surface area contributed by atoms with Gasteiger partial charge in [0.1, 0.15) is 10.8 Å². The Bertz CT molecular complexity index is 741. The molecule has 3 rings (SSSR count). The van der Waals surface area contributed by atoms with Crippen molar-refractivity contribution in [3.63, 3.8) is 0 Å². The Hall–Kier alpha value is -2.06. The Labute approximate surface area is 144 Å². The molecule has 3 heterocycles. The minimum Gasteiger partial charge on any atom is -0.336 e. The molecule has 1 saturated heterocycles. The zero-order valence-electron chi connectivity index (χ0n) is 13.9. The highest BCUT2D eigenvalue weighted by Crippen LogP contribution is 2.16. The normalized spacial score (nSPS) is 15.9. The van der Waals surface area contributed by atoms with Gasteiger partial charge in [-0.1, -0.05) is 13.8 Å². The van der Waals surface area contributed by atoms with Gasteiger partial charge in [0.2, 0.25) is 5.56 Å². The Morgan fingerprint density at radius 1 is 1.29 bits per heavy atom. The molecule has 7 nitrogen and oxygen atoms in total. The first kappa shape index (κ1) is 16.8. The van der Waals surface area contributed by atoms with E-state index in [9.17, 15) is 9.59 Å². The summed E-state index contributed by atoms with van der Waals surface area (Å²) in [4.78, 5) is 34.7. The van der Waals surface area contributed by atoms with Gasteiger partial charge >= 0.3 is 0 Å². The number of nitrogens with one attached hydrogen (secondary N) is 1. The van der Waals surface area contributed by atoms with Gasteiger partial charge in [0.05, 0.1) is 12.1 Å². The lowest BCUT2D eigenvalue weighted by atomic mass is 10.2. The SMILES string of the molecule is CC(C)c1nsc(CN2CCN(C(=O)c3ccc(=O)[nH]c3)CC2)n1. The van der Waals surface area contributed by atoms with Crippen molar-refractivity contribution >= 4 is 17.4 Å². The molecule has 0 atom stereocenters. The first-order valence-electron chi connectivity index (χ1n) is 8.06. The minimum atomic E-state index is -0.200. The molecule has 1 N–H and O–H groups in total. The Morgan fingerprint density at radius 3 is 2.62 bits per heavy atom. The number of carbonyl (C=O) groups excluding carboxylic acids is 1. The number of hydrogen-bond acceptors (Lipinski definition) is 6. The minimum absolute atomic E-state index is 0.0380. The van der Waals surface area contributed by atoms with Gasteiger partial charge in [-0.25, -0.2) is 4.98 Å². The maximum absolute atomic E-state index is 12.4. The lowest BCUT2D eigenvalue weighted by Crippen LogP contribution is -2.48. The maximum Gasteiger partial charge on any atom is 0.255 e. The molecule has 1 fully saturated rings. The fourth-order valence-corrected chi connectivity index (χ4v) is 3.42. The molecule has 0 aromatic carbocycles. The van der Waals surface area contributed by atoms with Crippen molar-refractivity contribution in [1.82, 2.24) is 24.1 Å². The van der Waals surface area contributed by atoms with Gasteiger partial charge in [0, 0.05) is 44.4 Å². The van der Waals surface area contributed by atoms with Gasteiger partial charge in [-0.2, -0.15) is 4.37 Å². The van der Waals surface area contributed by atoms with E-state index in [0.29, 0.717) is 24.6 Å². The van der Waals surface area contributed by atoms with Crippen LogP contribution < -0.4 is 5.56 Å². The number of hydrogen-bond donors (Lipinski definition) is 1. The smallest absolute Gasteiger partial charge is 0.255 e. The van der Waals surface area contributed by atoms with Crippen molar-refractivity contribution < 1.29 is 4.79 Å². The van der Waals surface area contributed by atoms with Crippen LogP contribution in [0.2, 0.25) is 0 Å². The standard InChI is InChI=1S/C16H21N5O2S/c1-11(2)15-18-14(24-19-15)10-20-5-7-21(8-6-20)16(23)12-3-4-13(22)17-9-12/h3-4,9,11H,5-8,10H2,1-2H3,(H,17,22). The first-order valence-corrected chi connectivity index (χ1v) is 8.83. The lowest BCUT2D eigenvalue weighted by molar-refractivity contribution is 0.0628. The van der Waals surface area contributed by atoms with Crippen LogP contribution in [0.4, 0.5) is 0 Å². The van der Waals surface area contributed by atoms with Gasteiger partial charge in [0.15, 0.2) is 0 Å². The highest BCUT2D eigenvalue weighted by atomic mass is 32.1. The zero-order valence-corrected chi connectivity index (χ0v) is 14.7. The quantitative estimate of drug-likeness (QED) is 0.902. The first-order chi connectivity index (χ1) is 11.5. The van der Waals surface area contributed by atoms with E-state index < -0.39 is 0 Å². The van der Waals surface area contributed by atoms with Crippen LogP contribution >= 0.6 is 11.5 Å². The average molecular weight is 347 g/mol. The third kappa shape index (κ3) is 3.88. The number of amides is 1. The third-order valence-corrected chi connectivity index (χ3v) is 4.76.